The molecule has 0 saturated heterocycles. The molecule has 1 fully saturated rings. The molecule has 1 aromatic carbocycles. The molecule has 7 heteroatoms. The Labute approximate surface area is 178 Å². The fourth-order valence-corrected chi connectivity index (χ4v) is 3.23. The number of amides is 2. The highest BCUT2D eigenvalue weighted by atomic mass is 16.6. The molecule has 0 radical (unpaired) electrons. The highest BCUT2D eigenvalue weighted by Crippen LogP contribution is 2.41. The van der Waals surface area contributed by atoms with Gasteiger partial charge in [-0.15, -0.1) is 0 Å². The standard InChI is InChI=1S/C23H34N2O5/c1-23(2,3)30-22(28)25-19-15-18(19)16-11-13-17(14-12-16)24-20(26)9-7-5-6-8-10-21(27)29-4/h11-14,18-19H,5-10,15H2,1-4H3,(H,24,26)(H,25,28)/t18-,19+/m0/s1. The summed E-state index contributed by atoms with van der Waals surface area (Å²) in [4.78, 5) is 35.0. The van der Waals surface area contributed by atoms with E-state index < -0.39 is 5.60 Å². The molecule has 0 bridgehead atoms. The molecule has 0 aliphatic heterocycles. The first kappa shape index (κ1) is 23.7. The highest BCUT2D eigenvalue weighted by Gasteiger charge is 2.40. The zero-order chi connectivity index (χ0) is 22.1. The molecule has 1 saturated carbocycles. The molecule has 0 spiro atoms. The summed E-state index contributed by atoms with van der Waals surface area (Å²) >= 11 is 0. The van der Waals surface area contributed by atoms with E-state index in [0.29, 0.717) is 12.8 Å². The van der Waals surface area contributed by atoms with E-state index in [0.717, 1.165) is 43.4 Å². The first-order valence-electron chi connectivity index (χ1n) is 10.6. The molecule has 1 aliphatic carbocycles. The largest absolute Gasteiger partial charge is 0.469 e. The van der Waals surface area contributed by atoms with Crippen molar-refractivity contribution < 1.29 is 23.9 Å². The summed E-state index contributed by atoms with van der Waals surface area (Å²) in [5, 5.41) is 5.81. The minimum Gasteiger partial charge on any atom is -0.469 e. The number of benzene rings is 1. The molecule has 0 aromatic heterocycles. The first-order valence-corrected chi connectivity index (χ1v) is 10.6. The number of hydrogen-bond acceptors (Lipinski definition) is 5. The van der Waals surface area contributed by atoms with E-state index in [1.807, 2.05) is 45.0 Å². The van der Waals surface area contributed by atoms with Crippen LogP contribution in [0, 0.1) is 0 Å². The van der Waals surface area contributed by atoms with Crippen molar-refractivity contribution in [1.29, 1.82) is 0 Å². The lowest BCUT2D eigenvalue weighted by Crippen LogP contribution is -2.34. The predicted octanol–water partition coefficient (Wildman–Crippen LogP) is 4.52. The van der Waals surface area contributed by atoms with E-state index in [-0.39, 0.29) is 29.9 Å². The Morgan fingerprint density at radius 3 is 2.23 bits per heavy atom. The third kappa shape index (κ3) is 8.84. The maximum absolute atomic E-state index is 12.1. The van der Waals surface area contributed by atoms with Gasteiger partial charge in [0.15, 0.2) is 0 Å². The van der Waals surface area contributed by atoms with Gasteiger partial charge >= 0.3 is 12.1 Å². The second-order valence-electron chi connectivity index (χ2n) is 8.76. The van der Waals surface area contributed by atoms with E-state index >= 15 is 0 Å². The predicted molar refractivity (Wildman–Crippen MR) is 115 cm³/mol. The normalized spacial score (nSPS) is 17.7. The van der Waals surface area contributed by atoms with Gasteiger partial charge in [-0.3, -0.25) is 9.59 Å². The van der Waals surface area contributed by atoms with E-state index in [1.54, 1.807) is 0 Å². The molecule has 2 rings (SSSR count). The molecule has 0 heterocycles. The van der Waals surface area contributed by atoms with Crippen molar-refractivity contribution in [1.82, 2.24) is 5.32 Å². The van der Waals surface area contributed by atoms with E-state index in [9.17, 15) is 14.4 Å². The minimum absolute atomic E-state index is 0.00777. The maximum Gasteiger partial charge on any atom is 0.407 e. The second-order valence-corrected chi connectivity index (χ2v) is 8.76. The van der Waals surface area contributed by atoms with E-state index in [2.05, 4.69) is 15.4 Å². The van der Waals surface area contributed by atoms with E-state index in [1.165, 1.54) is 7.11 Å². The number of ether oxygens (including phenoxy) is 2. The summed E-state index contributed by atoms with van der Waals surface area (Å²) in [6.45, 7) is 5.53. The van der Waals surface area contributed by atoms with Crippen LogP contribution in [0.5, 0.6) is 0 Å². The Bertz CT molecular complexity index is 724. The molecule has 7 nitrogen and oxygen atoms in total. The zero-order valence-electron chi connectivity index (χ0n) is 18.5. The second kappa shape index (κ2) is 11.0. The summed E-state index contributed by atoms with van der Waals surface area (Å²) in [6, 6.07) is 7.87. The van der Waals surface area contributed by atoms with Gasteiger partial charge in [0.1, 0.15) is 5.60 Å². The summed E-state index contributed by atoms with van der Waals surface area (Å²) < 4.78 is 9.89. The lowest BCUT2D eigenvalue weighted by atomic mass is 10.1. The Hall–Kier alpha value is -2.57. The van der Waals surface area contributed by atoms with Crippen LogP contribution in [0.15, 0.2) is 24.3 Å². The molecule has 2 atom stereocenters. The first-order chi connectivity index (χ1) is 14.2. The van der Waals surface area contributed by atoms with Crippen LogP contribution < -0.4 is 10.6 Å². The number of anilines is 1. The van der Waals surface area contributed by atoms with Crippen molar-refractivity contribution >= 4 is 23.7 Å². The zero-order valence-corrected chi connectivity index (χ0v) is 18.5. The van der Waals surface area contributed by atoms with Gasteiger partial charge in [-0.05, 0) is 57.7 Å². The van der Waals surface area contributed by atoms with Gasteiger partial charge in [0.2, 0.25) is 5.91 Å². The number of carbonyl (C=O) groups excluding carboxylic acids is 3. The van der Waals surface area contributed by atoms with Crippen LogP contribution in [-0.2, 0) is 19.1 Å². The number of esters is 1. The average Bonchev–Trinajstić information content (AvgIpc) is 3.42. The SMILES string of the molecule is COC(=O)CCCCCCC(=O)Nc1ccc([C@@H]2C[C@H]2NC(=O)OC(C)(C)C)cc1. The quantitative estimate of drug-likeness (QED) is 0.430. The molecular formula is C23H34N2O5. The molecule has 2 N–H and O–H groups in total. The number of carbonyl (C=O) groups is 3. The van der Waals surface area contributed by atoms with Crippen LogP contribution in [0.4, 0.5) is 10.5 Å². The van der Waals surface area contributed by atoms with Crippen LogP contribution >= 0.6 is 0 Å². The van der Waals surface area contributed by atoms with Crippen molar-refractivity contribution in [3.05, 3.63) is 29.8 Å². The molecule has 1 aromatic rings. The number of methoxy groups -OCH3 is 1. The number of unbranched alkanes of at least 4 members (excludes halogenated alkanes) is 3. The maximum atomic E-state index is 12.1. The van der Waals surface area contributed by atoms with Gasteiger partial charge in [-0.1, -0.05) is 25.0 Å². The van der Waals surface area contributed by atoms with Crippen LogP contribution in [-0.4, -0.2) is 36.7 Å². The third-order valence-electron chi connectivity index (χ3n) is 4.88. The molecule has 0 unspecified atom stereocenters. The Morgan fingerprint density at radius 1 is 1.00 bits per heavy atom. The molecule has 30 heavy (non-hydrogen) atoms. The molecule has 2 amide bonds. The molecule has 1 aliphatic rings. The van der Waals surface area contributed by atoms with Crippen molar-refractivity contribution in [2.45, 2.75) is 83.3 Å². The fraction of sp³-hybridized carbons (Fsp3) is 0.609. The summed E-state index contributed by atoms with van der Waals surface area (Å²) in [5.41, 5.74) is 1.41. The van der Waals surface area contributed by atoms with Crippen LogP contribution in [0.25, 0.3) is 0 Å². The number of rotatable bonds is 10. The fourth-order valence-electron chi connectivity index (χ4n) is 3.23. The number of alkyl carbamates (subject to hydrolysis) is 1. The van der Waals surface area contributed by atoms with Crippen molar-refractivity contribution in [3.8, 4) is 0 Å². The van der Waals surface area contributed by atoms with Crippen LogP contribution in [0.3, 0.4) is 0 Å². The number of nitrogens with one attached hydrogen (secondary N) is 2. The third-order valence-corrected chi connectivity index (χ3v) is 4.88. The minimum atomic E-state index is -0.503. The van der Waals surface area contributed by atoms with Crippen LogP contribution in [0.2, 0.25) is 0 Å². The van der Waals surface area contributed by atoms with E-state index in [4.69, 9.17) is 4.74 Å². The average molecular weight is 419 g/mol. The smallest absolute Gasteiger partial charge is 0.407 e. The molecular weight excluding hydrogens is 384 g/mol. The summed E-state index contributed by atoms with van der Waals surface area (Å²) in [6.07, 6.45) is 4.82. The van der Waals surface area contributed by atoms with Gasteiger partial charge in [-0.2, -0.15) is 0 Å². The topological polar surface area (TPSA) is 93.7 Å². The van der Waals surface area contributed by atoms with Crippen molar-refractivity contribution in [2.24, 2.45) is 0 Å². The van der Waals surface area contributed by atoms with Gasteiger partial charge < -0.3 is 20.1 Å². The van der Waals surface area contributed by atoms with Gasteiger partial charge in [-0.25, -0.2) is 4.79 Å². The van der Waals surface area contributed by atoms with Gasteiger partial charge in [0.05, 0.1) is 7.11 Å². The van der Waals surface area contributed by atoms with Gasteiger partial charge in [0, 0.05) is 30.5 Å². The highest BCUT2D eigenvalue weighted by molar-refractivity contribution is 5.90. The summed E-state index contributed by atoms with van der Waals surface area (Å²) in [5.74, 6) is 0.0909. The van der Waals surface area contributed by atoms with Crippen LogP contribution in [0.1, 0.15) is 77.2 Å². The van der Waals surface area contributed by atoms with Crippen molar-refractivity contribution in [2.75, 3.05) is 12.4 Å². The Morgan fingerprint density at radius 2 is 1.63 bits per heavy atom. The summed E-state index contributed by atoms with van der Waals surface area (Å²) in [7, 11) is 1.39. The number of hydrogen-bond donors (Lipinski definition) is 2. The lowest BCUT2D eigenvalue weighted by molar-refractivity contribution is -0.140. The van der Waals surface area contributed by atoms with Gasteiger partial charge in [0.25, 0.3) is 0 Å². The molecule has 166 valence electrons. The lowest BCUT2D eigenvalue weighted by Gasteiger charge is -2.19. The van der Waals surface area contributed by atoms with Crippen molar-refractivity contribution in [3.63, 3.8) is 0 Å². The Balaban J connectivity index is 1.64. The Kier molecular flexibility index (Phi) is 8.69. The monoisotopic (exact) mass is 418 g/mol.